The fraction of sp³-hybridized carbons (Fsp3) is 0.462. The number of primary sulfonamides is 1. The van der Waals surface area contributed by atoms with Crippen molar-refractivity contribution in [1.82, 2.24) is 0 Å². The first-order valence-corrected chi connectivity index (χ1v) is 7.46. The molecule has 0 amide bonds. The van der Waals surface area contributed by atoms with Gasteiger partial charge in [0.1, 0.15) is 5.75 Å². The van der Waals surface area contributed by atoms with E-state index in [0.29, 0.717) is 17.9 Å². The first-order valence-electron chi connectivity index (χ1n) is 5.75. The van der Waals surface area contributed by atoms with Crippen LogP contribution in [0.25, 0.3) is 4.85 Å². The highest BCUT2D eigenvalue weighted by atomic mass is 32.2. The number of hydrogen-bond acceptors (Lipinski definition) is 3. The number of nitrogens with zero attached hydrogens (tertiary/aromatic N) is 1. The van der Waals surface area contributed by atoms with E-state index in [1.807, 2.05) is 20.8 Å². The molecule has 1 rings (SSSR count). The molecule has 0 saturated heterocycles. The van der Waals surface area contributed by atoms with Gasteiger partial charge in [-0.25, -0.2) is 18.4 Å². The van der Waals surface area contributed by atoms with Crippen LogP contribution in [0.1, 0.15) is 26.3 Å². The van der Waals surface area contributed by atoms with Gasteiger partial charge in [0, 0.05) is 0 Å². The molecular weight excluding hydrogens is 264 g/mol. The van der Waals surface area contributed by atoms with Crippen LogP contribution in [-0.4, -0.2) is 15.0 Å². The van der Waals surface area contributed by atoms with E-state index in [0.717, 1.165) is 0 Å². The Bertz CT molecular complexity index is 595. The van der Waals surface area contributed by atoms with Crippen molar-refractivity contribution >= 4 is 15.7 Å². The van der Waals surface area contributed by atoms with Gasteiger partial charge in [-0.05, 0) is 17.0 Å². The molecule has 0 radical (unpaired) electrons. The van der Waals surface area contributed by atoms with Gasteiger partial charge in [0.25, 0.3) is 0 Å². The zero-order valence-electron chi connectivity index (χ0n) is 11.3. The summed E-state index contributed by atoms with van der Waals surface area (Å²) >= 11 is 0. The number of nitrogens with two attached hydrogens (primary N) is 1. The summed E-state index contributed by atoms with van der Waals surface area (Å²) in [7, 11) is -3.67. The molecular formula is C13H18N2O3S. The average molecular weight is 282 g/mol. The lowest BCUT2D eigenvalue weighted by molar-refractivity contribution is 0.199. The highest BCUT2D eigenvalue weighted by Crippen LogP contribution is 2.33. The summed E-state index contributed by atoms with van der Waals surface area (Å²) in [5.41, 5.74) is 0.527. The van der Waals surface area contributed by atoms with Crippen molar-refractivity contribution in [3.63, 3.8) is 0 Å². The number of rotatable bonds is 4. The Labute approximate surface area is 114 Å². The van der Waals surface area contributed by atoms with E-state index in [2.05, 4.69) is 4.85 Å². The molecule has 1 aromatic rings. The SMILES string of the molecule is [C-]#[N+]c1c(CS(N)(=O)=O)cccc1OCC(C)(C)C. The number of benzene rings is 1. The number of para-hydroxylation sites is 1. The first kappa shape index (κ1) is 15.5. The largest absolute Gasteiger partial charge is 0.504 e. The Morgan fingerprint density at radius 1 is 1.37 bits per heavy atom. The molecule has 5 nitrogen and oxygen atoms in total. The van der Waals surface area contributed by atoms with Crippen LogP contribution in [0.15, 0.2) is 18.2 Å². The minimum Gasteiger partial charge on any atom is -0.504 e. The topological polar surface area (TPSA) is 73.8 Å². The van der Waals surface area contributed by atoms with Gasteiger partial charge in [-0.15, -0.1) is 0 Å². The van der Waals surface area contributed by atoms with Crippen LogP contribution in [0.2, 0.25) is 0 Å². The van der Waals surface area contributed by atoms with Crippen LogP contribution in [0.3, 0.4) is 0 Å². The molecule has 0 aliphatic heterocycles. The van der Waals surface area contributed by atoms with Crippen LogP contribution in [0.4, 0.5) is 5.69 Å². The summed E-state index contributed by atoms with van der Waals surface area (Å²) in [4.78, 5) is 3.36. The van der Waals surface area contributed by atoms with Gasteiger partial charge in [0.2, 0.25) is 15.7 Å². The minimum atomic E-state index is -3.67. The number of hydrogen-bond donors (Lipinski definition) is 1. The molecule has 1 aromatic carbocycles. The fourth-order valence-electron chi connectivity index (χ4n) is 1.44. The van der Waals surface area contributed by atoms with E-state index in [1.165, 1.54) is 0 Å². The third-order valence-corrected chi connectivity index (χ3v) is 2.93. The van der Waals surface area contributed by atoms with Gasteiger partial charge in [0.05, 0.1) is 18.9 Å². The van der Waals surface area contributed by atoms with Crippen LogP contribution in [0, 0.1) is 12.0 Å². The lowest BCUT2D eigenvalue weighted by Crippen LogP contribution is -2.17. The third-order valence-electron chi connectivity index (χ3n) is 2.21. The van der Waals surface area contributed by atoms with Crippen molar-refractivity contribution in [1.29, 1.82) is 0 Å². The molecule has 0 spiro atoms. The van der Waals surface area contributed by atoms with Crippen molar-refractivity contribution in [2.24, 2.45) is 10.6 Å². The van der Waals surface area contributed by atoms with Crippen LogP contribution < -0.4 is 9.88 Å². The fourth-order valence-corrected chi connectivity index (χ4v) is 2.11. The van der Waals surface area contributed by atoms with Crippen molar-refractivity contribution in [2.75, 3.05) is 6.61 Å². The molecule has 0 aromatic heterocycles. The minimum absolute atomic E-state index is 0.0464. The summed E-state index contributed by atoms with van der Waals surface area (Å²) in [6, 6.07) is 4.89. The van der Waals surface area contributed by atoms with Crippen molar-refractivity contribution in [3.8, 4) is 5.75 Å². The monoisotopic (exact) mass is 282 g/mol. The molecule has 0 aliphatic carbocycles. The molecule has 104 valence electrons. The van der Waals surface area contributed by atoms with E-state index in [-0.39, 0.29) is 16.9 Å². The van der Waals surface area contributed by atoms with Crippen LogP contribution in [-0.2, 0) is 15.8 Å². The van der Waals surface area contributed by atoms with E-state index in [9.17, 15) is 8.42 Å². The molecule has 0 atom stereocenters. The maximum Gasteiger partial charge on any atom is 0.232 e. The average Bonchev–Trinajstić information content (AvgIpc) is 2.23. The summed E-state index contributed by atoms with van der Waals surface area (Å²) in [5.74, 6) is 0.0309. The molecule has 0 fully saturated rings. The van der Waals surface area contributed by atoms with E-state index in [4.69, 9.17) is 16.4 Å². The van der Waals surface area contributed by atoms with Gasteiger partial charge in [-0.2, -0.15) is 0 Å². The van der Waals surface area contributed by atoms with E-state index < -0.39 is 10.0 Å². The van der Waals surface area contributed by atoms with Gasteiger partial charge in [-0.3, -0.25) is 0 Å². The lowest BCUT2D eigenvalue weighted by atomic mass is 9.99. The zero-order valence-corrected chi connectivity index (χ0v) is 12.1. The highest BCUT2D eigenvalue weighted by Gasteiger charge is 2.17. The maximum absolute atomic E-state index is 11.1. The zero-order chi connectivity index (χ0) is 14.7. The van der Waals surface area contributed by atoms with Gasteiger partial charge >= 0.3 is 0 Å². The smallest absolute Gasteiger partial charge is 0.232 e. The Balaban J connectivity index is 3.08. The predicted octanol–water partition coefficient (Wildman–Crippen LogP) is 2.45. The lowest BCUT2D eigenvalue weighted by Gasteiger charge is -2.20. The molecule has 19 heavy (non-hydrogen) atoms. The number of sulfonamides is 1. The summed E-state index contributed by atoms with van der Waals surface area (Å²) in [5, 5.41) is 5.01. The first-order chi connectivity index (χ1) is 8.62. The van der Waals surface area contributed by atoms with E-state index >= 15 is 0 Å². The third kappa shape index (κ3) is 5.28. The quantitative estimate of drug-likeness (QED) is 0.862. The molecule has 0 heterocycles. The summed E-state index contributed by atoms with van der Waals surface area (Å²) in [6.45, 7) is 13.7. The summed E-state index contributed by atoms with van der Waals surface area (Å²) in [6.07, 6.45) is 0. The Hall–Kier alpha value is -1.58. The molecule has 0 saturated carbocycles. The normalized spacial score (nSPS) is 11.9. The molecule has 6 heteroatoms. The second kappa shape index (κ2) is 5.59. The van der Waals surface area contributed by atoms with Crippen molar-refractivity contribution < 1.29 is 13.2 Å². The second-order valence-corrected chi connectivity index (χ2v) is 7.15. The highest BCUT2D eigenvalue weighted by molar-refractivity contribution is 7.88. The Morgan fingerprint density at radius 3 is 2.47 bits per heavy atom. The summed E-state index contributed by atoms with van der Waals surface area (Å²) < 4.78 is 27.9. The Morgan fingerprint density at radius 2 is 2.00 bits per heavy atom. The van der Waals surface area contributed by atoms with Gasteiger partial charge < -0.3 is 4.74 Å². The van der Waals surface area contributed by atoms with Crippen molar-refractivity contribution in [2.45, 2.75) is 26.5 Å². The molecule has 0 bridgehead atoms. The molecule has 0 aliphatic rings. The predicted molar refractivity (Wildman–Crippen MR) is 74.5 cm³/mol. The van der Waals surface area contributed by atoms with Crippen molar-refractivity contribution in [3.05, 3.63) is 35.2 Å². The Kier molecular flexibility index (Phi) is 4.56. The van der Waals surface area contributed by atoms with Gasteiger partial charge in [0.15, 0.2) is 0 Å². The van der Waals surface area contributed by atoms with Gasteiger partial charge in [-0.1, -0.05) is 32.9 Å². The number of ether oxygens (including phenoxy) is 1. The molecule has 2 N–H and O–H groups in total. The standard InChI is InChI=1S/C13H18N2O3S/c1-13(2,3)9-18-11-7-5-6-10(12(11)15-4)8-19(14,16)17/h5-7H,8-9H2,1-3H3,(H2,14,16,17). The van der Waals surface area contributed by atoms with E-state index in [1.54, 1.807) is 18.2 Å². The van der Waals surface area contributed by atoms with Crippen LogP contribution >= 0.6 is 0 Å². The molecule has 0 unspecified atom stereocenters. The second-order valence-electron chi connectivity index (χ2n) is 5.53. The maximum atomic E-state index is 11.1. The van der Waals surface area contributed by atoms with Crippen LogP contribution in [0.5, 0.6) is 5.75 Å².